The van der Waals surface area contributed by atoms with Gasteiger partial charge in [0.25, 0.3) is 0 Å². The number of carbonyl (C=O) groups excluding carboxylic acids is 4. The zero-order valence-electron chi connectivity index (χ0n) is 32.2. The molecule has 1 rings (SSSR count). The molecule has 1 aromatic carbocycles. The standard InChI is InChI=1S/C41H64N2O8/c1-8-10-12-15-18-21-33(45)22-19-16-13-14-17-20-23-35(41(49,28-29-44)39(48)51-40(3,4)5)37(46)42-36(38(47)43(6)7)31-32-24-26-34(27-25-32)50-30-11-9-2/h20,23-27,35-36,44,49H,8,10,12-19,21-22,28-31H2,1-7H3,(H,42,46)/b23-20+/t35-,36+,41+/m1/s1. The van der Waals surface area contributed by atoms with E-state index in [2.05, 4.69) is 24.1 Å². The van der Waals surface area contributed by atoms with Gasteiger partial charge in [-0.25, -0.2) is 4.79 Å². The quantitative estimate of drug-likeness (QED) is 0.0478. The highest BCUT2D eigenvalue weighted by Gasteiger charge is 2.49. The van der Waals surface area contributed by atoms with Gasteiger partial charge < -0.3 is 29.9 Å². The Morgan fingerprint density at radius 1 is 0.941 bits per heavy atom. The third-order valence-corrected chi connectivity index (χ3v) is 8.41. The average molecular weight is 713 g/mol. The van der Waals surface area contributed by atoms with Gasteiger partial charge in [-0.1, -0.05) is 75.7 Å². The number of benzene rings is 1. The predicted octanol–water partition coefficient (Wildman–Crippen LogP) is 6.10. The van der Waals surface area contributed by atoms with Gasteiger partial charge >= 0.3 is 5.97 Å². The van der Waals surface area contributed by atoms with E-state index in [1.165, 1.54) is 30.2 Å². The molecule has 0 radical (unpaired) electrons. The van der Waals surface area contributed by atoms with Crippen molar-refractivity contribution in [1.82, 2.24) is 10.2 Å². The van der Waals surface area contributed by atoms with E-state index >= 15 is 0 Å². The first-order chi connectivity index (χ1) is 24.2. The smallest absolute Gasteiger partial charge is 0.339 e. The Hall–Kier alpha value is -3.68. The van der Waals surface area contributed by atoms with Gasteiger partial charge in [-0.05, 0) is 71.1 Å². The number of rotatable bonds is 25. The molecule has 0 aliphatic heterocycles. The van der Waals surface area contributed by atoms with Crippen LogP contribution in [0.2, 0.25) is 0 Å². The maximum atomic E-state index is 14.0. The van der Waals surface area contributed by atoms with Crippen molar-refractivity contribution >= 4 is 23.6 Å². The minimum absolute atomic E-state index is 0.139. The summed E-state index contributed by atoms with van der Waals surface area (Å²) in [5.74, 6) is 2.91. The lowest BCUT2D eigenvalue weighted by molar-refractivity contribution is -0.185. The number of hydrogen-bond acceptors (Lipinski definition) is 8. The molecule has 51 heavy (non-hydrogen) atoms. The highest BCUT2D eigenvalue weighted by atomic mass is 16.6. The van der Waals surface area contributed by atoms with E-state index in [9.17, 15) is 29.4 Å². The van der Waals surface area contributed by atoms with Crippen molar-refractivity contribution in [3.63, 3.8) is 0 Å². The molecule has 0 bridgehead atoms. The minimum Gasteiger partial charge on any atom is -0.481 e. The average Bonchev–Trinajstić information content (AvgIpc) is 3.06. The van der Waals surface area contributed by atoms with Crippen LogP contribution >= 0.6 is 0 Å². The second-order valence-corrected chi connectivity index (χ2v) is 14.3. The van der Waals surface area contributed by atoms with Crippen LogP contribution in [0.3, 0.4) is 0 Å². The zero-order valence-corrected chi connectivity index (χ0v) is 32.2. The number of aliphatic hydroxyl groups is 2. The molecular weight excluding hydrogens is 648 g/mol. The van der Waals surface area contributed by atoms with Gasteiger partial charge in [0.05, 0.1) is 5.92 Å². The van der Waals surface area contributed by atoms with Gasteiger partial charge in [0.2, 0.25) is 11.8 Å². The lowest BCUT2D eigenvalue weighted by Crippen LogP contribution is -2.57. The number of ketones is 1. The molecule has 1 aromatic rings. The first kappa shape index (κ1) is 45.3. The van der Waals surface area contributed by atoms with Crippen LogP contribution < -0.4 is 10.1 Å². The van der Waals surface area contributed by atoms with E-state index in [1.807, 2.05) is 0 Å². The third kappa shape index (κ3) is 18.4. The SMILES string of the molecule is CC#CCOc1ccc(C[C@H](NC(=O)[C@@H](/C=C/CCCCCCC(=O)CCCCCCC)[C@@](O)(CCO)C(=O)OC(C)(C)C)C(=O)N(C)C)cc1. The van der Waals surface area contributed by atoms with Crippen LogP contribution in [-0.2, 0) is 30.3 Å². The monoisotopic (exact) mass is 712 g/mol. The summed E-state index contributed by atoms with van der Waals surface area (Å²) in [6.45, 7) is 8.52. The number of Topliss-reactive ketones (excluding diaryl/α,β-unsaturated/α-hetero) is 1. The van der Waals surface area contributed by atoms with Crippen LogP contribution in [0.5, 0.6) is 5.75 Å². The van der Waals surface area contributed by atoms with E-state index < -0.39 is 48.1 Å². The molecule has 0 saturated carbocycles. The number of amides is 2. The van der Waals surface area contributed by atoms with Gasteiger partial charge in [-0.3, -0.25) is 14.4 Å². The highest BCUT2D eigenvalue weighted by Crippen LogP contribution is 2.29. The highest BCUT2D eigenvalue weighted by molar-refractivity contribution is 5.94. The van der Waals surface area contributed by atoms with Crippen LogP contribution in [0, 0.1) is 17.8 Å². The summed E-state index contributed by atoms with van der Waals surface area (Å²) >= 11 is 0. The maximum absolute atomic E-state index is 14.0. The Morgan fingerprint density at radius 2 is 1.55 bits per heavy atom. The van der Waals surface area contributed by atoms with E-state index in [0.717, 1.165) is 44.1 Å². The van der Waals surface area contributed by atoms with Crippen molar-refractivity contribution in [2.75, 3.05) is 27.3 Å². The molecule has 0 fully saturated rings. The Morgan fingerprint density at radius 3 is 2.10 bits per heavy atom. The maximum Gasteiger partial charge on any atom is 0.339 e. The second kappa shape index (κ2) is 24.5. The topological polar surface area (TPSA) is 142 Å². The molecule has 0 aliphatic carbocycles. The molecular formula is C41H64N2O8. The van der Waals surface area contributed by atoms with Gasteiger partial charge in [-0.15, -0.1) is 5.92 Å². The minimum atomic E-state index is -2.40. The number of unbranched alkanes of at least 4 members (excludes halogenated alkanes) is 8. The first-order valence-electron chi connectivity index (χ1n) is 18.6. The number of esters is 1. The van der Waals surface area contributed by atoms with Crippen LogP contribution in [0.15, 0.2) is 36.4 Å². The first-order valence-corrected chi connectivity index (χ1v) is 18.6. The van der Waals surface area contributed by atoms with Gasteiger partial charge in [0.15, 0.2) is 5.60 Å². The van der Waals surface area contributed by atoms with Crippen molar-refractivity contribution < 1.29 is 38.9 Å². The molecule has 0 aliphatic rings. The number of carbonyl (C=O) groups is 4. The number of ether oxygens (including phenoxy) is 2. The van der Waals surface area contributed by atoms with E-state index in [-0.39, 0.29) is 18.9 Å². The largest absolute Gasteiger partial charge is 0.481 e. The van der Waals surface area contributed by atoms with E-state index in [0.29, 0.717) is 30.8 Å². The number of allylic oxidation sites excluding steroid dienone is 1. The predicted molar refractivity (Wildman–Crippen MR) is 201 cm³/mol. The van der Waals surface area contributed by atoms with Crippen LogP contribution in [0.1, 0.15) is 124 Å². The Kier molecular flexibility index (Phi) is 21.8. The summed E-state index contributed by atoms with van der Waals surface area (Å²) in [5.41, 5.74) is -2.61. The Labute approximate surface area is 306 Å². The summed E-state index contributed by atoms with van der Waals surface area (Å²) in [6.07, 6.45) is 13.8. The van der Waals surface area contributed by atoms with Gasteiger partial charge in [0.1, 0.15) is 29.8 Å². The molecule has 2 amide bonds. The molecule has 0 spiro atoms. The molecule has 3 N–H and O–H groups in total. The van der Waals surface area contributed by atoms with Crippen LogP contribution in [0.25, 0.3) is 0 Å². The summed E-state index contributed by atoms with van der Waals surface area (Å²) in [7, 11) is 3.16. The molecule has 0 heterocycles. The molecule has 286 valence electrons. The lowest BCUT2D eigenvalue weighted by atomic mass is 9.82. The molecule has 3 atom stereocenters. The molecule has 0 unspecified atom stereocenters. The van der Waals surface area contributed by atoms with Crippen molar-refractivity contribution in [2.24, 2.45) is 5.92 Å². The summed E-state index contributed by atoms with van der Waals surface area (Å²) in [5, 5.41) is 24.4. The fourth-order valence-electron chi connectivity index (χ4n) is 5.53. The number of hydrogen-bond donors (Lipinski definition) is 3. The Balaban J connectivity index is 3.09. The van der Waals surface area contributed by atoms with Gasteiger partial charge in [-0.2, -0.15) is 0 Å². The van der Waals surface area contributed by atoms with Crippen molar-refractivity contribution in [1.29, 1.82) is 0 Å². The van der Waals surface area contributed by atoms with Crippen molar-refractivity contribution in [3.8, 4) is 17.6 Å². The number of aliphatic hydroxyl groups excluding tert-OH is 1. The third-order valence-electron chi connectivity index (χ3n) is 8.41. The summed E-state index contributed by atoms with van der Waals surface area (Å²) in [4.78, 5) is 54.3. The number of nitrogens with zero attached hydrogens (tertiary/aromatic N) is 1. The molecule has 0 aromatic heterocycles. The van der Waals surface area contributed by atoms with Crippen LogP contribution in [0.4, 0.5) is 0 Å². The summed E-state index contributed by atoms with van der Waals surface area (Å²) < 4.78 is 11.1. The van der Waals surface area contributed by atoms with Crippen LogP contribution in [-0.4, -0.2) is 83.2 Å². The Bertz CT molecular complexity index is 1290. The number of likely N-dealkylation sites (N-methyl/N-ethyl adjacent to an activating group) is 1. The fourth-order valence-corrected chi connectivity index (χ4v) is 5.53. The molecule has 10 nitrogen and oxygen atoms in total. The van der Waals surface area contributed by atoms with Crippen molar-refractivity contribution in [3.05, 3.63) is 42.0 Å². The summed E-state index contributed by atoms with van der Waals surface area (Å²) in [6, 6.07) is 6.08. The van der Waals surface area contributed by atoms with Gasteiger partial charge in [0, 0.05) is 46.4 Å². The lowest BCUT2D eigenvalue weighted by Gasteiger charge is -2.35. The fraction of sp³-hybridized carbons (Fsp3) is 0.659. The number of nitrogens with one attached hydrogen (secondary N) is 1. The zero-order chi connectivity index (χ0) is 38.3. The second-order valence-electron chi connectivity index (χ2n) is 14.3. The van der Waals surface area contributed by atoms with Crippen molar-refractivity contribution in [2.45, 2.75) is 142 Å². The van der Waals surface area contributed by atoms with E-state index in [1.54, 1.807) is 72.1 Å². The molecule has 0 saturated heterocycles. The van der Waals surface area contributed by atoms with E-state index in [4.69, 9.17) is 9.47 Å². The molecule has 10 heteroatoms. The normalized spacial score (nSPS) is 13.7.